The van der Waals surface area contributed by atoms with Crippen molar-refractivity contribution >= 4 is 11.8 Å². The van der Waals surface area contributed by atoms with Crippen molar-refractivity contribution in [3.05, 3.63) is 12.7 Å². The highest BCUT2D eigenvalue weighted by Crippen LogP contribution is 1.77. The van der Waals surface area contributed by atoms with Gasteiger partial charge in [0, 0.05) is 6.08 Å². The van der Waals surface area contributed by atoms with E-state index >= 15 is 0 Å². The zero-order valence-electron chi connectivity index (χ0n) is 6.20. The van der Waals surface area contributed by atoms with E-state index in [4.69, 9.17) is 10.4 Å². The molecule has 0 rings (SSSR count). The first-order valence-electron chi connectivity index (χ1n) is 2.76. The van der Waals surface area contributed by atoms with Crippen LogP contribution in [0.1, 0.15) is 13.3 Å². The summed E-state index contributed by atoms with van der Waals surface area (Å²) >= 11 is 0. The van der Waals surface area contributed by atoms with Crippen molar-refractivity contribution in [3.8, 4) is 6.07 Å². The number of allylic oxidation sites excluding steroid dienone is 1. The molecule has 4 nitrogen and oxygen atoms in total. The zero-order valence-corrected chi connectivity index (χ0v) is 6.20. The molecule has 0 aromatic heterocycles. The molecule has 11 heavy (non-hydrogen) atoms. The Labute approximate surface area is 64.8 Å². The number of carbonyl (C=O) groups is 2. The molecular formula is C7H9NO3. The normalized spacial score (nSPS) is 6.55. The van der Waals surface area contributed by atoms with E-state index in [1.165, 1.54) is 13.0 Å². The molecule has 0 aliphatic carbocycles. The summed E-state index contributed by atoms with van der Waals surface area (Å²) < 4.78 is 0. The molecule has 4 heteroatoms. The lowest BCUT2D eigenvalue weighted by Crippen LogP contribution is -2.00. The van der Waals surface area contributed by atoms with E-state index in [0.29, 0.717) is 0 Å². The van der Waals surface area contributed by atoms with Crippen molar-refractivity contribution in [1.29, 1.82) is 5.26 Å². The van der Waals surface area contributed by atoms with Gasteiger partial charge in [-0.3, -0.25) is 9.59 Å². The number of nitriles is 1. The summed E-state index contributed by atoms with van der Waals surface area (Å²) in [6, 6.07) is 1.69. The first-order valence-corrected chi connectivity index (χ1v) is 2.76. The third-order valence-electron chi connectivity index (χ3n) is 0.491. The summed E-state index contributed by atoms with van der Waals surface area (Å²) in [5.41, 5.74) is 0. The number of hydrogen-bond donors (Lipinski definition) is 1. The molecule has 0 aliphatic rings. The number of aliphatic carboxylic acids is 1. The molecule has 0 amide bonds. The lowest BCUT2D eigenvalue weighted by Gasteiger charge is -1.80. The fourth-order valence-electron chi connectivity index (χ4n) is 0.213. The number of carboxylic acid groups (broad SMARTS) is 1. The number of Topliss-reactive ketones (excluding diaryl/α,β-unsaturated/α-hetero) is 1. The highest BCUT2D eigenvalue weighted by Gasteiger charge is 1.98. The Balaban J connectivity index is 0. The van der Waals surface area contributed by atoms with E-state index in [-0.39, 0.29) is 12.2 Å². The van der Waals surface area contributed by atoms with Gasteiger partial charge in [0.15, 0.2) is 0 Å². The molecule has 0 aliphatic heterocycles. The summed E-state index contributed by atoms with van der Waals surface area (Å²) in [6.45, 7) is 4.36. The van der Waals surface area contributed by atoms with Gasteiger partial charge >= 0.3 is 5.97 Å². The second-order valence-corrected chi connectivity index (χ2v) is 1.61. The number of carboxylic acids is 1. The predicted molar refractivity (Wildman–Crippen MR) is 38.7 cm³/mol. The molecule has 0 bridgehead atoms. The molecule has 0 saturated carbocycles. The second kappa shape index (κ2) is 8.37. The summed E-state index contributed by atoms with van der Waals surface area (Å²) in [5, 5.41) is 15.4. The fraction of sp³-hybridized carbons (Fsp3) is 0.286. The molecular weight excluding hydrogens is 146 g/mol. The molecule has 0 aromatic carbocycles. The Bertz CT molecular complexity index is 178. The van der Waals surface area contributed by atoms with Gasteiger partial charge in [-0.25, -0.2) is 0 Å². The van der Waals surface area contributed by atoms with Crippen LogP contribution in [0, 0.1) is 11.3 Å². The largest absolute Gasteiger partial charge is 0.481 e. The van der Waals surface area contributed by atoms with Crippen LogP contribution in [0.2, 0.25) is 0 Å². The zero-order chi connectivity index (χ0) is 9.28. The first-order chi connectivity index (χ1) is 5.04. The minimum absolute atomic E-state index is 0.312. The van der Waals surface area contributed by atoms with Crippen LogP contribution in [-0.4, -0.2) is 16.9 Å². The predicted octanol–water partition coefficient (Wildman–Crippen LogP) is 0.746. The fourth-order valence-corrected chi connectivity index (χ4v) is 0.213. The smallest absolute Gasteiger partial charge is 0.310 e. The highest BCUT2D eigenvalue weighted by atomic mass is 16.4. The molecule has 0 atom stereocenters. The van der Waals surface area contributed by atoms with E-state index in [0.717, 1.165) is 0 Å². The van der Waals surface area contributed by atoms with Crippen molar-refractivity contribution in [1.82, 2.24) is 0 Å². The topological polar surface area (TPSA) is 78.2 Å². The Morgan fingerprint density at radius 1 is 1.73 bits per heavy atom. The number of rotatable bonds is 2. The third kappa shape index (κ3) is 29.9. The standard InChI is InChI=1S/C4H6O3.C3H3N/c1-3(5)2-4(6)7;1-2-3-4/h2H2,1H3,(H,6,7);2H,1H2. The lowest BCUT2D eigenvalue weighted by atomic mass is 10.3. The molecule has 0 radical (unpaired) electrons. The second-order valence-electron chi connectivity index (χ2n) is 1.61. The van der Waals surface area contributed by atoms with Crippen molar-refractivity contribution < 1.29 is 14.7 Å². The summed E-state index contributed by atoms with van der Waals surface area (Å²) in [7, 11) is 0. The SMILES string of the molecule is C=CC#N.CC(=O)CC(=O)O. The Kier molecular flexibility index (Phi) is 9.20. The highest BCUT2D eigenvalue weighted by molar-refractivity contribution is 5.93. The van der Waals surface area contributed by atoms with E-state index in [9.17, 15) is 9.59 Å². The monoisotopic (exact) mass is 155 g/mol. The molecule has 0 fully saturated rings. The number of hydrogen-bond acceptors (Lipinski definition) is 3. The van der Waals surface area contributed by atoms with Gasteiger partial charge in [0.2, 0.25) is 0 Å². The van der Waals surface area contributed by atoms with Crippen LogP contribution in [0.15, 0.2) is 12.7 Å². The van der Waals surface area contributed by atoms with Gasteiger partial charge in [0.25, 0.3) is 0 Å². The number of carbonyl (C=O) groups excluding carboxylic acids is 1. The minimum atomic E-state index is -1.06. The van der Waals surface area contributed by atoms with Gasteiger partial charge < -0.3 is 5.11 Å². The maximum Gasteiger partial charge on any atom is 0.310 e. The maximum atomic E-state index is 9.87. The third-order valence-corrected chi connectivity index (χ3v) is 0.491. The van der Waals surface area contributed by atoms with Crippen molar-refractivity contribution in [2.24, 2.45) is 0 Å². The van der Waals surface area contributed by atoms with Crippen LogP contribution >= 0.6 is 0 Å². The van der Waals surface area contributed by atoms with Crippen LogP contribution in [-0.2, 0) is 9.59 Å². The van der Waals surface area contributed by atoms with Gasteiger partial charge in [0.1, 0.15) is 12.2 Å². The van der Waals surface area contributed by atoms with E-state index in [2.05, 4.69) is 6.58 Å². The average molecular weight is 155 g/mol. The van der Waals surface area contributed by atoms with Gasteiger partial charge in [-0.05, 0) is 6.92 Å². The van der Waals surface area contributed by atoms with Crippen molar-refractivity contribution in [2.45, 2.75) is 13.3 Å². The molecule has 0 heterocycles. The molecule has 0 aromatic rings. The van der Waals surface area contributed by atoms with E-state index in [1.807, 2.05) is 0 Å². The van der Waals surface area contributed by atoms with Crippen LogP contribution in [0.5, 0.6) is 0 Å². The molecule has 0 spiro atoms. The van der Waals surface area contributed by atoms with Crippen LogP contribution in [0.4, 0.5) is 0 Å². The number of nitrogens with zero attached hydrogens (tertiary/aromatic N) is 1. The quantitative estimate of drug-likeness (QED) is 0.471. The van der Waals surface area contributed by atoms with Crippen LogP contribution in [0.25, 0.3) is 0 Å². The lowest BCUT2D eigenvalue weighted by molar-refractivity contribution is -0.139. The van der Waals surface area contributed by atoms with Gasteiger partial charge in [0.05, 0.1) is 6.07 Å². The minimum Gasteiger partial charge on any atom is -0.481 e. The molecule has 1 N–H and O–H groups in total. The van der Waals surface area contributed by atoms with E-state index < -0.39 is 5.97 Å². The molecule has 0 saturated heterocycles. The summed E-state index contributed by atoms with van der Waals surface area (Å²) in [4.78, 5) is 19.5. The van der Waals surface area contributed by atoms with Gasteiger partial charge in [-0.15, -0.1) is 0 Å². The van der Waals surface area contributed by atoms with Crippen molar-refractivity contribution in [2.75, 3.05) is 0 Å². The summed E-state index contributed by atoms with van der Waals surface area (Å²) in [6.07, 6.45) is 0.819. The Hall–Kier alpha value is -1.63. The van der Waals surface area contributed by atoms with Crippen molar-refractivity contribution in [3.63, 3.8) is 0 Å². The number of ketones is 1. The van der Waals surface area contributed by atoms with Crippen LogP contribution in [0.3, 0.4) is 0 Å². The van der Waals surface area contributed by atoms with Crippen LogP contribution < -0.4 is 0 Å². The molecule has 0 unspecified atom stereocenters. The average Bonchev–Trinajstić information content (AvgIpc) is 1.85. The first kappa shape index (κ1) is 12.1. The van der Waals surface area contributed by atoms with Gasteiger partial charge in [-0.2, -0.15) is 5.26 Å². The van der Waals surface area contributed by atoms with Gasteiger partial charge in [-0.1, -0.05) is 6.58 Å². The maximum absolute atomic E-state index is 9.87. The van der Waals surface area contributed by atoms with E-state index in [1.54, 1.807) is 6.07 Å². The Morgan fingerprint density at radius 3 is 2.09 bits per heavy atom. The molecule has 60 valence electrons. The Morgan fingerprint density at radius 2 is 2.09 bits per heavy atom. The summed E-state index contributed by atoms with van der Waals surface area (Å²) in [5.74, 6) is -1.37.